The first-order valence-corrected chi connectivity index (χ1v) is 14.5. The summed E-state index contributed by atoms with van der Waals surface area (Å²) in [5.41, 5.74) is 17.4. The van der Waals surface area contributed by atoms with Crippen LogP contribution in [-0.4, -0.2) is 87.8 Å². The molecular weight excluding hydrogens is 608 g/mol. The summed E-state index contributed by atoms with van der Waals surface area (Å²) in [6.45, 7) is 0. The molecule has 14 nitrogen and oxygen atoms in total. The maximum Gasteiger partial charge on any atom is 0.235 e. The maximum absolute atomic E-state index is 14.6. The Hall–Kier alpha value is -5.17. The number of hydrogen-bond donors (Lipinski definition) is 6. The molecule has 6 rings (SSSR count). The van der Waals surface area contributed by atoms with Gasteiger partial charge in [-0.2, -0.15) is 5.26 Å². The highest BCUT2D eigenvalue weighted by atomic mass is 16.3. The number of primary amides is 1. The number of likely N-dealkylation sites (N-methyl/N-ethyl adjacent to an activating group) is 1. The number of hydrogen-bond acceptors (Lipinski definition) is 13. The van der Waals surface area contributed by atoms with E-state index in [1.807, 2.05) is 0 Å². The lowest BCUT2D eigenvalue weighted by atomic mass is 9.41. The number of aromatic hydroxyl groups is 1. The normalized spacial score (nSPS) is 33.2. The molecule has 8 atom stereocenters. The number of aliphatic hydroxyl groups is 1. The Morgan fingerprint density at radius 3 is 2.17 bits per heavy atom. The standard InChI is InChI=1S/C33H30N6O8/c1-39(2)26-24(43)20(29(36)46)27(44)31(12-34)28(45)21-23(42)19-18(25(35)32(21,37)30(47)33(26,31)38)10-9-17(22(19)41)16-8-7-13(11-40)14-5-3-4-6-15(14)16/h3-11,20-21,25-26,30,41,47H,35,37-38H2,1-2H3,(H2,36,46)/t20?,21?,25-,26+,30-,31-,32+,33-/m0/s1. The third-order valence-corrected chi connectivity index (χ3v) is 10.3. The first kappa shape index (κ1) is 31.8. The van der Waals surface area contributed by atoms with Gasteiger partial charge in [0.1, 0.15) is 11.7 Å². The Morgan fingerprint density at radius 2 is 1.60 bits per heavy atom. The highest BCUT2D eigenvalue weighted by Crippen LogP contribution is 2.58. The maximum atomic E-state index is 14.6. The van der Waals surface area contributed by atoms with Gasteiger partial charge < -0.3 is 33.1 Å². The van der Waals surface area contributed by atoms with Crippen molar-refractivity contribution in [3.05, 3.63) is 65.2 Å². The Labute approximate surface area is 266 Å². The molecule has 3 aromatic carbocycles. The average Bonchev–Trinajstić information content (AvgIpc) is 3.02. The van der Waals surface area contributed by atoms with Gasteiger partial charge in [0.15, 0.2) is 40.8 Å². The zero-order valence-electron chi connectivity index (χ0n) is 25.1. The van der Waals surface area contributed by atoms with Crippen molar-refractivity contribution in [2.45, 2.75) is 29.3 Å². The zero-order chi connectivity index (χ0) is 34.5. The molecule has 2 unspecified atom stereocenters. The van der Waals surface area contributed by atoms with Crippen LogP contribution in [-0.2, 0) is 19.2 Å². The van der Waals surface area contributed by atoms with Gasteiger partial charge in [-0.05, 0) is 36.0 Å². The number of rotatable bonds is 4. The number of carbonyl (C=O) groups is 6. The van der Waals surface area contributed by atoms with E-state index in [9.17, 15) is 44.2 Å². The first-order chi connectivity index (χ1) is 22.1. The Bertz CT molecular complexity index is 2040. The molecule has 3 aliphatic carbocycles. The van der Waals surface area contributed by atoms with E-state index >= 15 is 0 Å². The van der Waals surface area contributed by atoms with Gasteiger partial charge >= 0.3 is 0 Å². The molecule has 1 amide bonds. The number of ketones is 4. The van der Waals surface area contributed by atoms with Crippen LogP contribution in [0.15, 0.2) is 48.5 Å². The number of nitriles is 1. The fraction of sp³-hybridized carbons (Fsp3) is 0.303. The van der Waals surface area contributed by atoms with Crippen LogP contribution in [0.3, 0.4) is 0 Å². The summed E-state index contributed by atoms with van der Waals surface area (Å²) in [6, 6.07) is 10.9. The van der Waals surface area contributed by atoms with Crippen molar-refractivity contribution in [1.82, 2.24) is 4.90 Å². The smallest absolute Gasteiger partial charge is 0.235 e. The van der Waals surface area contributed by atoms with E-state index in [0.717, 1.165) is 4.90 Å². The molecule has 0 radical (unpaired) electrons. The second-order valence-electron chi connectivity index (χ2n) is 12.6. The van der Waals surface area contributed by atoms with Gasteiger partial charge in [0, 0.05) is 11.1 Å². The minimum Gasteiger partial charge on any atom is -0.507 e. The molecule has 14 heteroatoms. The van der Waals surface area contributed by atoms with Gasteiger partial charge in [-0.1, -0.05) is 48.5 Å². The van der Waals surface area contributed by atoms with Crippen molar-refractivity contribution in [3.8, 4) is 22.9 Å². The molecule has 10 N–H and O–H groups in total. The summed E-state index contributed by atoms with van der Waals surface area (Å²) >= 11 is 0. The SMILES string of the molecule is CN(C)[C@@H]1C(=O)C(C(N)=O)C(=O)[C@@]2(C#N)C(=O)C3C(=O)c4c(ccc(-c5ccc(C=O)c6ccccc56)c4O)[C@H](N)[C@@]3(N)[C@H](O)[C@@]12N. The van der Waals surface area contributed by atoms with Gasteiger partial charge in [-0.25, -0.2) is 0 Å². The summed E-state index contributed by atoms with van der Waals surface area (Å²) in [7, 11) is 2.62. The molecule has 0 aliphatic heterocycles. The summed E-state index contributed by atoms with van der Waals surface area (Å²) in [6.07, 6.45) is -1.67. The molecule has 0 saturated heterocycles. The van der Waals surface area contributed by atoms with E-state index < -0.39 is 86.9 Å². The lowest BCUT2D eigenvalue weighted by Gasteiger charge is -2.64. The number of amides is 1. The molecule has 3 aliphatic rings. The molecule has 0 spiro atoms. The number of benzene rings is 3. The molecule has 0 bridgehead atoms. The van der Waals surface area contributed by atoms with Crippen LogP contribution in [0, 0.1) is 28.6 Å². The number of nitrogens with zero attached hydrogens (tertiary/aromatic N) is 2. The van der Waals surface area contributed by atoms with Crippen LogP contribution in [0.1, 0.15) is 32.3 Å². The molecular formula is C33H30N6O8. The minimum atomic E-state index is -3.16. The summed E-state index contributed by atoms with van der Waals surface area (Å²) < 4.78 is 0. The van der Waals surface area contributed by atoms with Crippen LogP contribution < -0.4 is 22.9 Å². The monoisotopic (exact) mass is 638 g/mol. The molecule has 0 heterocycles. The van der Waals surface area contributed by atoms with Gasteiger partial charge in [-0.3, -0.25) is 33.7 Å². The minimum absolute atomic E-state index is 0.0754. The van der Waals surface area contributed by atoms with E-state index in [-0.39, 0.29) is 11.1 Å². The quantitative estimate of drug-likeness (QED) is 0.146. The van der Waals surface area contributed by atoms with Crippen molar-refractivity contribution in [2.24, 2.45) is 40.2 Å². The molecule has 0 aromatic heterocycles. The van der Waals surface area contributed by atoms with Crippen LogP contribution in [0.25, 0.3) is 21.9 Å². The van der Waals surface area contributed by atoms with Gasteiger partial charge in [-0.15, -0.1) is 0 Å². The largest absolute Gasteiger partial charge is 0.507 e. The van der Waals surface area contributed by atoms with Gasteiger partial charge in [0.2, 0.25) is 5.91 Å². The Kier molecular flexibility index (Phi) is 6.88. The number of aldehydes is 1. The summed E-state index contributed by atoms with van der Waals surface area (Å²) in [5, 5.41) is 35.4. The summed E-state index contributed by atoms with van der Waals surface area (Å²) in [4.78, 5) is 81.9. The number of Topliss-reactive ketones (excluding diaryl/α,β-unsaturated/α-hetero) is 4. The lowest BCUT2D eigenvalue weighted by molar-refractivity contribution is -0.181. The van der Waals surface area contributed by atoms with E-state index in [0.29, 0.717) is 28.2 Å². The van der Waals surface area contributed by atoms with E-state index in [2.05, 4.69) is 0 Å². The van der Waals surface area contributed by atoms with Crippen LogP contribution in [0.2, 0.25) is 0 Å². The first-order valence-electron chi connectivity index (χ1n) is 14.5. The summed E-state index contributed by atoms with van der Waals surface area (Å²) in [5.74, 6) is -12.0. The molecule has 2 saturated carbocycles. The number of carbonyl (C=O) groups excluding carboxylic acids is 6. The van der Waals surface area contributed by atoms with Crippen LogP contribution >= 0.6 is 0 Å². The lowest BCUT2D eigenvalue weighted by Crippen LogP contribution is -2.92. The third-order valence-electron chi connectivity index (χ3n) is 10.3. The highest BCUT2D eigenvalue weighted by Gasteiger charge is 2.83. The number of phenols is 1. The predicted octanol–water partition coefficient (Wildman–Crippen LogP) is -1.13. The number of phenolic OH excluding ortho intramolecular Hbond substituents is 1. The van der Waals surface area contributed by atoms with Gasteiger partial charge in [0.25, 0.3) is 0 Å². The topological polar surface area (TPSA) is 274 Å². The molecule has 3 aromatic rings. The van der Waals surface area contributed by atoms with Gasteiger partial charge in [0.05, 0.1) is 40.9 Å². The fourth-order valence-corrected chi connectivity index (χ4v) is 8.13. The van der Waals surface area contributed by atoms with E-state index in [1.165, 1.54) is 32.3 Å². The van der Waals surface area contributed by atoms with Crippen molar-refractivity contribution >= 4 is 46.1 Å². The highest BCUT2D eigenvalue weighted by molar-refractivity contribution is 6.33. The molecule has 2 fully saturated rings. The van der Waals surface area contributed by atoms with Crippen molar-refractivity contribution in [3.63, 3.8) is 0 Å². The fourth-order valence-electron chi connectivity index (χ4n) is 8.13. The second-order valence-corrected chi connectivity index (χ2v) is 12.6. The molecule has 47 heavy (non-hydrogen) atoms. The Morgan fingerprint density at radius 1 is 0.979 bits per heavy atom. The number of aliphatic hydroxyl groups excluding tert-OH is 1. The zero-order valence-corrected chi connectivity index (χ0v) is 25.1. The predicted molar refractivity (Wildman–Crippen MR) is 164 cm³/mol. The number of fused-ring (bicyclic) bond motifs is 4. The van der Waals surface area contributed by atoms with E-state index in [1.54, 1.807) is 36.4 Å². The van der Waals surface area contributed by atoms with Crippen LogP contribution in [0.5, 0.6) is 5.75 Å². The molecule has 240 valence electrons. The van der Waals surface area contributed by atoms with E-state index in [4.69, 9.17) is 22.9 Å². The van der Waals surface area contributed by atoms with Crippen molar-refractivity contribution < 1.29 is 39.0 Å². The van der Waals surface area contributed by atoms with Crippen molar-refractivity contribution in [1.29, 1.82) is 5.26 Å². The third kappa shape index (κ3) is 3.54. The van der Waals surface area contributed by atoms with Crippen molar-refractivity contribution in [2.75, 3.05) is 14.1 Å². The van der Waals surface area contributed by atoms with Crippen LogP contribution in [0.4, 0.5) is 0 Å². The number of nitrogens with two attached hydrogens (primary N) is 4. The average molecular weight is 639 g/mol. The Balaban J connectivity index is 1.63. The second kappa shape index (κ2) is 10.2.